The van der Waals surface area contributed by atoms with Crippen LogP contribution in [0, 0.1) is 5.92 Å². The van der Waals surface area contributed by atoms with Crippen LogP contribution in [0.25, 0.3) is 0 Å². The molecule has 2 saturated heterocycles. The molecular weight excluding hydrogens is 246 g/mol. The van der Waals surface area contributed by atoms with E-state index in [2.05, 4.69) is 6.92 Å². The van der Waals surface area contributed by atoms with E-state index in [1.807, 2.05) is 0 Å². The quantitative estimate of drug-likeness (QED) is 0.843. The Morgan fingerprint density at radius 3 is 2.42 bits per heavy atom. The Hall–Kier alpha value is -1.10. The molecule has 0 spiro atoms. The fraction of sp³-hybridized carbons (Fsp3) is 0.857. The highest BCUT2D eigenvalue weighted by Crippen LogP contribution is 2.24. The number of amides is 1. The molecule has 0 aromatic rings. The first-order chi connectivity index (χ1) is 9.06. The van der Waals surface area contributed by atoms with Gasteiger partial charge < -0.3 is 14.7 Å². The minimum atomic E-state index is -0.736. The summed E-state index contributed by atoms with van der Waals surface area (Å²) in [4.78, 5) is 24.7. The Balaban J connectivity index is 1.68. The van der Waals surface area contributed by atoms with E-state index < -0.39 is 5.97 Å². The largest absolute Gasteiger partial charge is 0.481 e. The third kappa shape index (κ3) is 3.93. The van der Waals surface area contributed by atoms with Crippen LogP contribution < -0.4 is 0 Å². The summed E-state index contributed by atoms with van der Waals surface area (Å²) >= 11 is 0. The minimum absolute atomic E-state index is 0.145. The molecule has 0 saturated carbocycles. The number of hydrogen-bond acceptors (Lipinski definition) is 3. The molecule has 1 N–H and O–H groups in total. The van der Waals surface area contributed by atoms with Crippen molar-refractivity contribution < 1.29 is 19.4 Å². The number of nitrogens with zero attached hydrogens (tertiary/aromatic N) is 1. The van der Waals surface area contributed by atoms with Gasteiger partial charge in [-0.3, -0.25) is 9.59 Å². The number of ether oxygens (including phenoxy) is 1. The fourth-order valence-electron chi connectivity index (χ4n) is 2.92. The molecule has 0 unspecified atom stereocenters. The predicted molar refractivity (Wildman–Crippen MR) is 69.7 cm³/mol. The molecule has 1 amide bonds. The first-order valence-corrected chi connectivity index (χ1v) is 7.22. The number of aliphatic carboxylic acids is 1. The van der Waals surface area contributed by atoms with Crippen LogP contribution in [-0.2, 0) is 14.3 Å². The van der Waals surface area contributed by atoms with Crippen molar-refractivity contribution >= 4 is 11.9 Å². The maximum Gasteiger partial charge on any atom is 0.306 e. The van der Waals surface area contributed by atoms with Gasteiger partial charge >= 0.3 is 5.97 Å². The van der Waals surface area contributed by atoms with E-state index in [-0.39, 0.29) is 17.9 Å². The second kappa shape index (κ2) is 6.37. The van der Waals surface area contributed by atoms with Gasteiger partial charge in [0.2, 0.25) is 5.91 Å². The molecular formula is C14H23NO4. The molecule has 5 heteroatoms. The molecule has 0 aromatic carbocycles. The van der Waals surface area contributed by atoms with Crippen molar-refractivity contribution in [2.75, 3.05) is 13.1 Å². The van der Waals surface area contributed by atoms with Gasteiger partial charge in [0.05, 0.1) is 18.1 Å². The number of carboxylic acid groups (broad SMARTS) is 1. The lowest BCUT2D eigenvalue weighted by atomic mass is 9.97. The Bertz CT molecular complexity index is 336. The molecule has 2 heterocycles. The lowest BCUT2D eigenvalue weighted by Gasteiger charge is -2.30. The number of likely N-dealkylation sites (tertiary alicyclic amines) is 1. The zero-order valence-electron chi connectivity index (χ0n) is 11.5. The van der Waals surface area contributed by atoms with E-state index in [1.54, 1.807) is 4.90 Å². The van der Waals surface area contributed by atoms with Gasteiger partial charge in [-0.1, -0.05) is 0 Å². The Labute approximate surface area is 113 Å². The lowest BCUT2D eigenvalue weighted by Crippen LogP contribution is -2.40. The first kappa shape index (κ1) is 14.3. The van der Waals surface area contributed by atoms with E-state index in [4.69, 9.17) is 9.84 Å². The topological polar surface area (TPSA) is 66.8 Å². The average Bonchev–Trinajstić information content (AvgIpc) is 2.82. The molecule has 19 heavy (non-hydrogen) atoms. The number of piperidine rings is 1. The highest BCUT2D eigenvalue weighted by molar-refractivity contribution is 5.77. The van der Waals surface area contributed by atoms with Gasteiger partial charge in [-0.25, -0.2) is 0 Å². The van der Waals surface area contributed by atoms with Gasteiger partial charge in [-0.15, -0.1) is 0 Å². The maximum absolute atomic E-state index is 12.0. The molecule has 0 aromatic heterocycles. The van der Waals surface area contributed by atoms with E-state index in [0.29, 0.717) is 38.5 Å². The van der Waals surface area contributed by atoms with Gasteiger partial charge in [0.25, 0.3) is 0 Å². The second-order valence-corrected chi connectivity index (χ2v) is 5.68. The second-order valence-electron chi connectivity index (χ2n) is 5.68. The van der Waals surface area contributed by atoms with Crippen molar-refractivity contribution in [2.45, 2.75) is 57.7 Å². The number of carbonyl (C=O) groups excluding carboxylic acids is 1. The Morgan fingerprint density at radius 2 is 1.89 bits per heavy atom. The molecule has 2 fully saturated rings. The predicted octanol–water partition coefficient (Wildman–Crippen LogP) is 1.66. The summed E-state index contributed by atoms with van der Waals surface area (Å²) < 4.78 is 5.70. The van der Waals surface area contributed by atoms with Crippen molar-refractivity contribution in [3.05, 3.63) is 0 Å². The molecule has 2 rings (SSSR count). The summed E-state index contributed by atoms with van der Waals surface area (Å²) in [5, 5.41) is 8.91. The molecule has 0 aliphatic carbocycles. The summed E-state index contributed by atoms with van der Waals surface area (Å²) in [6.45, 7) is 3.23. The number of carbonyl (C=O) groups is 2. The van der Waals surface area contributed by atoms with Crippen molar-refractivity contribution in [3.8, 4) is 0 Å². The van der Waals surface area contributed by atoms with Gasteiger partial charge in [0, 0.05) is 19.5 Å². The Morgan fingerprint density at radius 1 is 1.21 bits per heavy atom. The van der Waals surface area contributed by atoms with Crippen molar-refractivity contribution in [2.24, 2.45) is 5.92 Å². The van der Waals surface area contributed by atoms with Crippen LogP contribution in [0.4, 0.5) is 0 Å². The molecule has 2 aliphatic heterocycles. The molecule has 108 valence electrons. The van der Waals surface area contributed by atoms with Crippen LogP contribution >= 0.6 is 0 Å². The summed E-state index contributed by atoms with van der Waals surface area (Å²) in [6.07, 6.45) is 5.17. The van der Waals surface area contributed by atoms with Crippen molar-refractivity contribution in [1.29, 1.82) is 0 Å². The molecule has 0 radical (unpaired) electrons. The highest BCUT2D eigenvalue weighted by Gasteiger charge is 2.28. The highest BCUT2D eigenvalue weighted by atomic mass is 16.5. The van der Waals surface area contributed by atoms with Crippen LogP contribution in [0.2, 0.25) is 0 Å². The summed E-state index contributed by atoms with van der Waals surface area (Å²) in [5.41, 5.74) is 0. The molecule has 0 bridgehead atoms. The van der Waals surface area contributed by atoms with Crippen LogP contribution in [0.15, 0.2) is 0 Å². The standard InChI is InChI=1S/C14H23NO4/c1-10-2-3-12(19-10)4-5-13(16)15-8-6-11(7-9-15)14(17)18/h10-12H,2-9H2,1H3,(H,17,18)/t10-,12-/m1/s1. The van der Waals surface area contributed by atoms with Gasteiger partial charge in [-0.05, 0) is 39.0 Å². The zero-order valence-corrected chi connectivity index (χ0v) is 11.5. The van der Waals surface area contributed by atoms with E-state index >= 15 is 0 Å². The zero-order chi connectivity index (χ0) is 13.8. The number of carboxylic acids is 1. The normalized spacial score (nSPS) is 28.6. The molecule has 5 nitrogen and oxygen atoms in total. The lowest BCUT2D eigenvalue weighted by molar-refractivity contribution is -0.145. The number of rotatable bonds is 4. The van der Waals surface area contributed by atoms with E-state index in [0.717, 1.165) is 19.3 Å². The van der Waals surface area contributed by atoms with Crippen LogP contribution in [-0.4, -0.2) is 47.2 Å². The van der Waals surface area contributed by atoms with Crippen molar-refractivity contribution in [3.63, 3.8) is 0 Å². The fourth-order valence-corrected chi connectivity index (χ4v) is 2.92. The Kier molecular flexibility index (Phi) is 4.80. The number of hydrogen-bond donors (Lipinski definition) is 1. The maximum atomic E-state index is 12.0. The first-order valence-electron chi connectivity index (χ1n) is 7.22. The van der Waals surface area contributed by atoms with Crippen LogP contribution in [0.3, 0.4) is 0 Å². The van der Waals surface area contributed by atoms with Crippen molar-refractivity contribution in [1.82, 2.24) is 4.90 Å². The SMILES string of the molecule is C[C@@H]1CC[C@H](CCC(=O)N2CCC(C(=O)O)CC2)O1. The molecule has 2 atom stereocenters. The third-order valence-electron chi connectivity index (χ3n) is 4.20. The minimum Gasteiger partial charge on any atom is -0.481 e. The average molecular weight is 269 g/mol. The van der Waals surface area contributed by atoms with Gasteiger partial charge in [-0.2, -0.15) is 0 Å². The monoisotopic (exact) mass is 269 g/mol. The molecule has 2 aliphatic rings. The summed E-state index contributed by atoms with van der Waals surface area (Å²) in [7, 11) is 0. The smallest absolute Gasteiger partial charge is 0.306 e. The van der Waals surface area contributed by atoms with Gasteiger partial charge in [0.1, 0.15) is 0 Å². The van der Waals surface area contributed by atoms with Crippen LogP contribution in [0.1, 0.15) is 45.4 Å². The van der Waals surface area contributed by atoms with Crippen LogP contribution in [0.5, 0.6) is 0 Å². The third-order valence-corrected chi connectivity index (χ3v) is 4.20. The van der Waals surface area contributed by atoms with E-state index in [1.165, 1.54) is 0 Å². The summed E-state index contributed by atoms with van der Waals surface area (Å²) in [6, 6.07) is 0. The van der Waals surface area contributed by atoms with E-state index in [9.17, 15) is 9.59 Å². The van der Waals surface area contributed by atoms with Gasteiger partial charge in [0.15, 0.2) is 0 Å². The summed E-state index contributed by atoms with van der Waals surface area (Å²) in [5.74, 6) is -0.865.